The highest BCUT2D eigenvalue weighted by Gasteiger charge is 2.32. The average Bonchev–Trinajstić information content (AvgIpc) is 2.28. The number of alkyl halides is 4. The van der Waals surface area contributed by atoms with Crippen LogP contribution in [-0.4, -0.2) is 28.4 Å². The van der Waals surface area contributed by atoms with Gasteiger partial charge in [-0.15, -0.1) is 0 Å². The van der Waals surface area contributed by atoms with Crippen molar-refractivity contribution in [3.63, 3.8) is 0 Å². The molecule has 0 saturated heterocycles. The van der Waals surface area contributed by atoms with Gasteiger partial charge in [-0.25, -0.2) is 16.8 Å². The summed E-state index contributed by atoms with van der Waals surface area (Å²) in [6.07, 6.45) is 0. The Morgan fingerprint density at radius 2 is 1.37 bits per heavy atom. The second kappa shape index (κ2) is 5.08. The van der Waals surface area contributed by atoms with Crippen LogP contribution in [0.5, 0.6) is 0 Å². The molecule has 0 aliphatic carbocycles. The van der Waals surface area contributed by atoms with Crippen LogP contribution in [0.3, 0.4) is 0 Å². The molecule has 108 valence electrons. The van der Waals surface area contributed by atoms with Crippen LogP contribution in [0.15, 0.2) is 28.0 Å². The summed E-state index contributed by atoms with van der Waals surface area (Å²) < 4.78 is 94.2. The summed E-state index contributed by atoms with van der Waals surface area (Å²) >= 11 is 0. The van der Waals surface area contributed by atoms with E-state index in [0.717, 1.165) is 19.1 Å². The van der Waals surface area contributed by atoms with Gasteiger partial charge in [0, 0.05) is 0 Å². The molecule has 0 saturated carbocycles. The van der Waals surface area contributed by atoms with E-state index in [1.807, 2.05) is 0 Å². The van der Waals surface area contributed by atoms with Crippen molar-refractivity contribution in [2.75, 3.05) is 0 Å². The third-order valence-electron chi connectivity index (χ3n) is 2.26. The summed E-state index contributed by atoms with van der Waals surface area (Å²) in [5.74, 6) is -7.53. The van der Waals surface area contributed by atoms with Gasteiger partial charge in [-0.3, -0.25) is 0 Å². The van der Waals surface area contributed by atoms with E-state index in [-0.39, 0.29) is 5.56 Å². The van der Waals surface area contributed by atoms with Crippen molar-refractivity contribution >= 4 is 19.7 Å². The van der Waals surface area contributed by atoms with Crippen LogP contribution in [0.25, 0.3) is 0 Å². The van der Waals surface area contributed by atoms with Crippen molar-refractivity contribution < 1.29 is 34.4 Å². The quantitative estimate of drug-likeness (QED) is 0.796. The molecule has 0 aliphatic rings. The molecule has 0 bridgehead atoms. The van der Waals surface area contributed by atoms with Crippen molar-refractivity contribution in [2.45, 2.75) is 28.2 Å². The van der Waals surface area contributed by atoms with Gasteiger partial charge in [-0.1, -0.05) is 6.07 Å². The molecular weight excluding hydrogens is 312 g/mol. The van der Waals surface area contributed by atoms with Gasteiger partial charge in [-0.2, -0.15) is 17.6 Å². The molecule has 4 nitrogen and oxygen atoms in total. The van der Waals surface area contributed by atoms with Crippen LogP contribution in [0.1, 0.15) is 5.56 Å². The maximum absolute atomic E-state index is 12.4. The predicted molar refractivity (Wildman–Crippen MR) is 57.6 cm³/mol. The van der Waals surface area contributed by atoms with Crippen LogP contribution in [-0.2, 0) is 19.7 Å². The molecule has 0 heterocycles. The van der Waals surface area contributed by atoms with Gasteiger partial charge < -0.3 is 0 Å². The van der Waals surface area contributed by atoms with E-state index in [4.69, 9.17) is 0 Å². The maximum atomic E-state index is 12.4. The van der Waals surface area contributed by atoms with Crippen LogP contribution in [0.4, 0.5) is 17.6 Å². The van der Waals surface area contributed by atoms with Crippen molar-refractivity contribution in [2.24, 2.45) is 0 Å². The summed E-state index contributed by atoms with van der Waals surface area (Å²) in [4.78, 5) is -2.00. The average molecular weight is 320 g/mol. The van der Waals surface area contributed by atoms with E-state index >= 15 is 0 Å². The number of halogens is 4. The fraction of sp³-hybridized carbons (Fsp3) is 0.333. The third-order valence-corrected chi connectivity index (χ3v) is 5.17. The Balaban J connectivity index is 3.56. The number of hydrogen-bond acceptors (Lipinski definition) is 4. The molecule has 0 aliphatic heterocycles. The van der Waals surface area contributed by atoms with Gasteiger partial charge in [0.1, 0.15) is 0 Å². The summed E-state index contributed by atoms with van der Waals surface area (Å²) in [5, 5.41) is 0. The highest BCUT2D eigenvalue weighted by molar-refractivity contribution is 7.92. The highest BCUT2D eigenvalue weighted by Crippen LogP contribution is 2.27. The predicted octanol–water partition coefficient (Wildman–Crippen LogP) is 1.99. The van der Waals surface area contributed by atoms with Crippen molar-refractivity contribution in [1.29, 1.82) is 0 Å². The fourth-order valence-corrected chi connectivity index (χ4v) is 3.08. The largest absolute Gasteiger partial charge is 0.341 e. The molecule has 0 unspecified atom stereocenters. The minimum Gasteiger partial charge on any atom is -0.218 e. The van der Waals surface area contributed by atoms with Gasteiger partial charge in [-0.05, 0) is 24.6 Å². The zero-order chi connectivity index (χ0) is 15.0. The SMILES string of the molecule is Cc1ccc(S(=O)(=O)C(F)F)cc1S(=O)(=O)C(F)F. The van der Waals surface area contributed by atoms with Crippen LogP contribution in [0, 0.1) is 6.92 Å². The van der Waals surface area contributed by atoms with E-state index in [9.17, 15) is 34.4 Å². The molecule has 0 radical (unpaired) electrons. The molecule has 10 heteroatoms. The lowest BCUT2D eigenvalue weighted by Gasteiger charge is -2.09. The van der Waals surface area contributed by atoms with Gasteiger partial charge in [0.15, 0.2) is 0 Å². The Bertz CT molecular complexity index is 680. The molecule has 0 fully saturated rings. The Morgan fingerprint density at radius 1 is 0.895 bits per heavy atom. The number of hydrogen-bond donors (Lipinski definition) is 0. The Labute approximate surface area is 106 Å². The van der Waals surface area contributed by atoms with E-state index in [1.165, 1.54) is 0 Å². The van der Waals surface area contributed by atoms with E-state index in [0.29, 0.717) is 6.07 Å². The second-order valence-corrected chi connectivity index (χ2v) is 7.34. The zero-order valence-corrected chi connectivity index (χ0v) is 11.0. The molecule has 1 aromatic carbocycles. The van der Waals surface area contributed by atoms with E-state index < -0.39 is 41.0 Å². The first-order valence-corrected chi connectivity index (χ1v) is 7.75. The monoisotopic (exact) mass is 320 g/mol. The molecule has 0 amide bonds. The smallest absolute Gasteiger partial charge is 0.218 e. The van der Waals surface area contributed by atoms with Crippen molar-refractivity contribution in [3.05, 3.63) is 23.8 Å². The minimum absolute atomic E-state index is 0.159. The van der Waals surface area contributed by atoms with Crippen LogP contribution in [0.2, 0.25) is 0 Å². The molecule has 19 heavy (non-hydrogen) atoms. The van der Waals surface area contributed by atoms with E-state index in [1.54, 1.807) is 0 Å². The fourth-order valence-electron chi connectivity index (χ4n) is 1.26. The summed E-state index contributed by atoms with van der Waals surface area (Å²) in [5.41, 5.74) is -0.159. The lowest BCUT2D eigenvalue weighted by atomic mass is 10.2. The topological polar surface area (TPSA) is 68.3 Å². The lowest BCUT2D eigenvalue weighted by molar-refractivity contribution is 0.234. The highest BCUT2D eigenvalue weighted by atomic mass is 32.2. The van der Waals surface area contributed by atoms with Gasteiger partial charge in [0.25, 0.3) is 0 Å². The first-order chi connectivity index (χ1) is 8.51. The number of benzene rings is 1. The van der Waals surface area contributed by atoms with Crippen LogP contribution >= 0.6 is 0 Å². The standard InChI is InChI=1S/C9H8F4O4S2/c1-5-2-3-6(18(14,15)8(10)11)4-7(5)19(16,17)9(12)13/h2-4,8-9H,1H3. The zero-order valence-electron chi connectivity index (χ0n) is 9.35. The summed E-state index contributed by atoms with van der Waals surface area (Å²) in [7, 11) is -10.1. The van der Waals surface area contributed by atoms with Crippen LogP contribution < -0.4 is 0 Å². The van der Waals surface area contributed by atoms with Gasteiger partial charge in [0.05, 0.1) is 9.79 Å². The summed E-state index contributed by atoms with van der Waals surface area (Å²) in [6, 6.07) is 1.93. The molecule has 0 atom stereocenters. The van der Waals surface area contributed by atoms with Gasteiger partial charge >= 0.3 is 11.5 Å². The maximum Gasteiger partial charge on any atom is 0.341 e. The number of aryl methyl sites for hydroxylation is 1. The Morgan fingerprint density at radius 3 is 1.79 bits per heavy atom. The normalized spacial score (nSPS) is 13.2. The summed E-state index contributed by atoms with van der Waals surface area (Å²) in [6.45, 7) is 1.15. The lowest BCUT2D eigenvalue weighted by Crippen LogP contribution is -2.16. The second-order valence-electron chi connectivity index (χ2n) is 3.54. The Hall–Kier alpha value is -1.16. The number of rotatable bonds is 4. The van der Waals surface area contributed by atoms with E-state index in [2.05, 4.69) is 0 Å². The number of sulfone groups is 2. The molecule has 0 spiro atoms. The van der Waals surface area contributed by atoms with Gasteiger partial charge in [0.2, 0.25) is 19.7 Å². The molecule has 1 aromatic rings. The first-order valence-electron chi connectivity index (χ1n) is 4.66. The molecule has 0 N–H and O–H groups in total. The molecule has 0 aromatic heterocycles. The molecular formula is C9H8F4O4S2. The third kappa shape index (κ3) is 2.89. The van der Waals surface area contributed by atoms with Crippen molar-refractivity contribution in [1.82, 2.24) is 0 Å². The Kier molecular flexibility index (Phi) is 4.25. The molecule has 1 rings (SSSR count). The minimum atomic E-state index is -5.06. The first kappa shape index (κ1) is 15.9. The van der Waals surface area contributed by atoms with Crippen molar-refractivity contribution in [3.8, 4) is 0 Å².